The van der Waals surface area contributed by atoms with E-state index in [1.807, 2.05) is 48.4 Å². The SMILES string of the molecule is Cc1nc2ccc(NC(=O)N3CCCC[C@@H]3c3cccnc3)cc2[nH]1. The molecule has 3 aromatic rings. The number of likely N-dealkylation sites (tertiary alicyclic amines) is 1. The molecule has 6 nitrogen and oxygen atoms in total. The monoisotopic (exact) mass is 335 g/mol. The number of urea groups is 1. The zero-order valence-corrected chi connectivity index (χ0v) is 14.2. The first kappa shape index (κ1) is 15.6. The van der Waals surface area contributed by atoms with E-state index in [1.54, 1.807) is 6.20 Å². The van der Waals surface area contributed by atoms with Gasteiger partial charge in [0.25, 0.3) is 0 Å². The van der Waals surface area contributed by atoms with Gasteiger partial charge in [-0.15, -0.1) is 0 Å². The average Bonchev–Trinajstić information content (AvgIpc) is 3.02. The Balaban J connectivity index is 1.55. The second kappa shape index (κ2) is 6.55. The van der Waals surface area contributed by atoms with E-state index in [1.165, 1.54) is 0 Å². The van der Waals surface area contributed by atoms with Gasteiger partial charge in [-0.1, -0.05) is 6.07 Å². The van der Waals surface area contributed by atoms with Crippen LogP contribution in [0.5, 0.6) is 0 Å². The largest absolute Gasteiger partial charge is 0.342 e. The summed E-state index contributed by atoms with van der Waals surface area (Å²) in [5.41, 5.74) is 3.70. The summed E-state index contributed by atoms with van der Waals surface area (Å²) in [6.45, 7) is 2.68. The van der Waals surface area contributed by atoms with Crippen LogP contribution in [0, 0.1) is 6.92 Å². The Morgan fingerprint density at radius 2 is 2.24 bits per heavy atom. The van der Waals surface area contributed by atoms with E-state index >= 15 is 0 Å². The van der Waals surface area contributed by atoms with E-state index in [0.717, 1.165) is 53.9 Å². The van der Waals surface area contributed by atoms with Gasteiger partial charge >= 0.3 is 6.03 Å². The zero-order valence-electron chi connectivity index (χ0n) is 14.2. The molecule has 25 heavy (non-hydrogen) atoms. The van der Waals surface area contributed by atoms with Crippen molar-refractivity contribution in [3.8, 4) is 0 Å². The number of anilines is 1. The molecule has 0 spiro atoms. The molecule has 0 radical (unpaired) electrons. The van der Waals surface area contributed by atoms with E-state index in [4.69, 9.17) is 0 Å². The Hall–Kier alpha value is -2.89. The molecule has 0 aliphatic carbocycles. The highest BCUT2D eigenvalue weighted by molar-refractivity contribution is 5.92. The highest BCUT2D eigenvalue weighted by atomic mass is 16.2. The maximum absolute atomic E-state index is 12.9. The summed E-state index contributed by atoms with van der Waals surface area (Å²) in [6.07, 6.45) is 6.75. The number of hydrogen-bond donors (Lipinski definition) is 2. The first-order valence-electron chi connectivity index (χ1n) is 8.64. The van der Waals surface area contributed by atoms with E-state index < -0.39 is 0 Å². The molecule has 2 amide bonds. The van der Waals surface area contributed by atoms with E-state index in [2.05, 4.69) is 20.3 Å². The Morgan fingerprint density at radius 1 is 1.32 bits per heavy atom. The van der Waals surface area contributed by atoms with Crippen molar-refractivity contribution in [2.24, 2.45) is 0 Å². The predicted octanol–water partition coefficient (Wildman–Crippen LogP) is 4.03. The summed E-state index contributed by atoms with van der Waals surface area (Å²) < 4.78 is 0. The van der Waals surface area contributed by atoms with Crippen LogP contribution in [0.4, 0.5) is 10.5 Å². The van der Waals surface area contributed by atoms with Gasteiger partial charge in [0.05, 0.1) is 17.1 Å². The molecule has 0 bridgehead atoms. The minimum atomic E-state index is -0.0656. The third-order valence-electron chi connectivity index (χ3n) is 4.68. The van der Waals surface area contributed by atoms with Crippen LogP contribution in [-0.2, 0) is 0 Å². The fourth-order valence-corrected chi connectivity index (χ4v) is 3.50. The topological polar surface area (TPSA) is 73.9 Å². The zero-order chi connectivity index (χ0) is 17.2. The molecule has 1 fully saturated rings. The van der Waals surface area contributed by atoms with Crippen LogP contribution in [0.15, 0.2) is 42.7 Å². The van der Waals surface area contributed by atoms with Gasteiger partial charge in [-0.2, -0.15) is 0 Å². The van der Waals surface area contributed by atoms with Crippen molar-refractivity contribution in [3.05, 3.63) is 54.1 Å². The number of aryl methyl sites for hydroxylation is 1. The summed E-state index contributed by atoms with van der Waals surface area (Å²) in [4.78, 5) is 26.6. The summed E-state index contributed by atoms with van der Waals surface area (Å²) >= 11 is 0. The molecule has 1 aliphatic heterocycles. The van der Waals surface area contributed by atoms with Gasteiger partial charge in [-0.3, -0.25) is 4.98 Å². The van der Waals surface area contributed by atoms with Crippen molar-refractivity contribution >= 4 is 22.8 Å². The van der Waals surface area contributed by atoms with Crippen molar-refractivity contribution in [1.82, 2.24) is 19.9 Å². The van der Waals surface area contributed by atoms with Crippen molar-refractivity contribution in [2.75, 3.05) is 11.9 Å². The van der Waals surface area contributed by atoms with Gasteiger partial charge in [-0.05, 0) is 56.0 Å². The van der Waals surface area contributed by atoms with Gasteiger partial charge in [0.15, 0.2) is 0 Å². The Bertz CT molecular complexity index is 889. The number of aromatic nitrogens is 3. The van der Waals surface area contributed by atoms with Crippen LogP contribution in [-0.4, -0.2) is 32.4 Å². The van der Waals surface area contributed by atoms with Crippen LogP contribution >= 0.6 is 0 Å². The highest BCUT2D eigenvalue weighted by Gasteiger charge is 2.28. The number of piperidine rings is 1. The molecule has 1 atom stereocenters. The predicted molar refractivity (Wildman–Crippen MR) is 97.4 cm³/mol. The molecule has 6 heteroatoms. The highest BCUT2D eigenvalue weighted by Crippen LogP contribution is 2.31. The van der Waals surface area contributed by atoms with E-state index in [0.29, 0.717) is 0 Å². The lowest BCUT2D eigenvalue weighted by Gasteiger charge is -2.35. The van der Waals surface area contributed by atoms with Crippen LogP contribution < -0.4 is 5.32 Å². The van der Waals surface area contributed by atoms with Gasteiger partial charge in [0.1, 0.15) is 5.82 Å². The number of benzene rings is 1. The van der Waals surface area contributed by atoms with Gasteiger partial charge in [-0.25, -0.2) is 9.78 Å². The third kappa shape index (κ3) is 3.20. The third-order valence-corrected chi connectivity index (χ3v) is 4.68. The maximum atomic E-state index is 12.9. The average molecular weight is 335 g/mol. The summed E-state index contributed by atoms with van der Waals surface area (Å²) in [5, 5.41) is 3.03. The summed E-state index contributed by atoms with van der Waals surface area (Å²) in [6, 6.07) is 9.73. The summed E-state index contributed by atoms with van der Waals surface area (Å²) in [7, 11) is 0. The number of nitrogens with one attached hydrogen (secondary N) is 2. The Labute approximate surface area is 146 Å². The quantitative estimate of drug-likeness (QED) is 0.742. The number of pyridine rings is 1. The van der Waals surface area contributed by atoms with E-state index in [-0.39, 0.29) is 12.1 Å². The number of aromatic amines is 1. The smallest absolute Gasteiger partial charge is 0.322 e. The van der Waals surface area contributed by atoms with Gasteiger partial charge in [0, 0.05) is 24.6 Å². The number of imidazole rings is 1. The molecular weight excluding hydrogens is 314 g/mol. The first-order chi connectivity index (χ1) is 12.2. The number of H-pyrrole nitrogens is 1. The number of fused-ring (bicyclic) bond motifs is 1. The van der Waals surface area contributed by atoms with Crippen LogP contribution in [0.2, 0.25) is 0 Å². The van der Waals surface area contributed by atoms with Crippen molar-refractivity contribution in [2.45, 2.75) is 32.2 Å². The van der Waals surface area contributed by atoms with Crippen molar-refractivity contribution < 1.29 is 4.79 Å². The van der Waals surface area contributed by atoms with Crippen LogP contribution in [0.3, 0.4) is 0 Å². The minimum absolute atomic E-state index is 0.0656. The normalized spacial score (nSPS) is 17.6. The summed E-state index contributed by atoms with van der Waals surface area (Å²) in [5.74, 6) is 0.867. The fourth-order valence-electron chi connectivity index (χ4n) is 3.50. The molecule has 1 aliphatic rings. The molecule has 128 valence electrons. The molecule has 2 N–H and O–H groups in total. The number of nitrogens with zero attached hydrogens (tertiary/aromatic N) is 3. The number of amides is 2. The second-order valence-electron chi connectivity index (χ2n) is 6.48. The lowest BCUT2D eigenvalue weighted by Crippen LogP contribution is -2.41. The van der Waals surface area contributed by atoms with Crippen LogP contribution in [0.25, 0.3) is 11.0 Å². The molecular formula is C19H21N5O. The number of rotatable bonds is 2. The van der Waals surface area contributed by atoms with Crippen LogP contribution in [0.1, 0.15) is 36.7 Å². The molecule has 2 aromatic heterocycles. The lowest BCUT2D eigenvalue weighted by molar-refractivity contribution is 0.163. The standard InChI is InChI=1S/C19H21N5O/c1-13-21-16-8-7-15(11-17(16)22-13)23-19(25)24-10-3-2-6-18(24)14-5-4-9-20-12-14/h4-5,7-9,11-12,18H,2-3,6,10H2,1H3,(H,21,22)(H,23,25)/t18-/m1/s1. The fraction of sp³-hybridized carbons (Fsp3) is 0.316. The van der Waals surface area contributed by atoms with Gasteiger partial charge < -0.3 is 15.2 Å². The maximum Gasteiger partial charge on any atom is 0.322 e. The Morgan fingerprint density at radius 3 is 3.08 bits per heavy atom. The van der Waals surface area contributed by atoms with Crippen molar-refractivity contribution in [3.63, 3.8) is 0 Å². The molecule has 4 rings (SSSR count). The first-order valence-corrected chi connectivity index (χ1v) is 8.64. The minimum Gasteiger partial charge on any atom is -0.342 e. The Kier molecular flexibility index (Phi) is 4.09. The molecule has 0 unspecified atom stereocenters. The van der Waals surface area contributed by atoms with E-state index in [9.17, 15) is 4.79 Å². The van der Waals surface area contributed by atoms with Gasteiger partial charge in [0.2, 0.25) is 0 Å². The number of hydrogen-bond acceptors (Lipinski definition) is 3. The van der Waals surface area contributed by atoms with Crippen molar-refractivity contribution in [1.29, 1.82) is 0 Å². The number of carbonyl (C=O) groups excluding carboxylic acids is 1. The second-order valence-corrected chi connectivity index (χ2v) is 6.48. The lowest BCUT2D eigenvalue weighted by atomic mass is 9.97. The molecule has 0 saturated carbocycles. The number of carbonyl (C=O) groups is 1. The molecule has 1 saturated heterocycles. The molecule has 1 aromatic carbocycles. The molecule has 3 heterocycles.